The van der Waals surface area contributed by atoms with E-state index in [0.717, 1.165) is 5.56 Å². The second-order valence-corrected chi connectivity index (χ2v) is 10.9. The number of morpholine rings is 2. The monoisotopic (exact) mass is 638 g/mol. The summed E-state index contributed by atoms with van der Waals surface area (Å²) in [6.45, 7) is 7.66. The molecule has 14 nitrogen and oxygen atoms in total. The Kier molecular flexibility index (Phi) is 9.97. The maximum atomic E-state index is 14.0. The molecule has 0 bridgehead atoms. The number of aryl methyl sites for hydroxylation is 1. The van der Waals surface area contributed by atoms with Crippen molar-refractivity contribution in [2.75, 3.05) is 75.6 Å². The zero-order valence-electron chi connectivity index (χ0n) is 26.0. The van der Waals surface area contributed by atoms with E-state index in [1.54, 1.807) is 47.9 Å². The second-order valence-electron chi connectivity index (χ2n) is 10.9. The van der Waals surface area contributed by atoms with Crippen LogP contribution in [0.5, 0.6) is 11.5 Å². The van der Waals surface area contributed by atoms with Crippen molar-refractivity contribution < 1.29 is 38.7 Å². The number of esters is 2. The minimum absolute atomic E-state index is 0.0109. The van der Waals surface area contributed by atoms with E-state index in [-0.39, 0.29) is 36.0 Å². The molecule has 0 spiro atoms. The zero-order valence-corrected chi connectivity index (χ0v) is 26.0. The van der Waals surface area contributed by atoms with Gasteiger partial charge in [-0.2, -0.15) is 0 Å². The zero-order chi connectivity index (χ0) is 33.0. The molecule has 2 aromatic heterocycles. The molecule has 4 heterocycles. The van der Waals surface area contributed by atoms with Gasteiger partial charge in [-0.3, -0.25) is 9.59 Å². The molecule has 0 aliphatic carbocycles. The Morgan fingerprint density at radius 3 is 1.52 bits per heavy atom. The number of H-pyrrole nitrogens is 2. The van der Waals surface area contributed by atoms with Crippen LogP contribution in [0.2, 0.25) is 0 Å². The number of pyridine rings is 2. The quantitative estimate of drug-likeness (QED) is 0.251. The van der Waals surface area contributed by atoms with Crippen molar-refractivity contribution in [3.8, 4) is 11.5 Å². The summed E-state index contributed by atoms with van der Waals surface area (Å²) in [7, 11) is 0. The lowest BCUT2D eigenvalue weighted by molar-refractivity contribution is 0.0512. The number of nitrogens with one attached hydrogen (secondary N) is 2. The fraction of sp³-hybridized carbons (Fsp3) is 0.438. The standard InChI is InChI=1S/C32H38N4O10/c1-4-45-31(41)23-25(37)21(29(39)33-27(23)35-10-14-43-15-11-35)20(19-8-6-18(3)7-9-19)22-26(38)24(32(42)46-5-2)28(34-30(22)40)36-12-16-44-17-13-36/h6-9,20H,4-5,10-17H2,1-3H3,(H2,33,37,39)(H2,34,38,40). The van der Waals surface area contributed by atoms with Crippen molar-refractivity contribution in [3.63, 3.8) is 0 Å². The summed E-state index contributed by atoms with van der Waals surface area (Å²) in [4.78, 5) is 63.6. The van der Waals surface area contributed by atoms with Gasteiger partial charge in [-0.25, -0.2) is 9.59 Å². The third-order valence-corrected chi connectivity index (χ3v) is 8.01. The predicted molar refractivity (Wildman–Crippen MR) is 168 cm³/mol. The molecule has 2 saturated heterocycles. The average Bonchev–Trinajstić information content (AvgIpc) is 3.05. The van der Waals surface area contributed by atoms with Gasteiger partial charge in [-0.15, -0.1) is 0 Å². The molecule has 246 valence electrons. The smallest absolute Gasteiger partial charge is 0.345 e. The molecule has 14 heteroatoms. The summed E-state index contributed by atoms with van der Waals surface area (Å²) in [5.74, 6) is -4.57. The molecule has 0 unspecified atom stereocenters. The van der Waals surface area contributed by atoms with Gasteiger partial charge in [-0.05, 0) is 26.3 Å². The number of nitrogens with zero attached hydrogens (tertiary/aromatic N) is 2. The van der Waals surface area contributed by atoms with E-state index >= 15 is 0 Å². The van der Waals surface area contributed by atoms with Crippen molar-refractivity contribution >= 4 is 23.6 Å². The summed E-state index contributed by atoms with van der Waals surface area (Å²) in [6.07, 6.45) is 0. The second kappa shape index (κ2) is 14.1. The van der Waals surface area contributed by atoms with E-state index < -0.39 is 51.6 Å². The minimum atomic E-state index is -1.44. The number of aromatic hydroxyl groups is 2. The van der Waals surface area contributed by atoms with E-state index in [0.29, 0.717) is 58.2 Å². The molecule has 0 atom stereocenters. The first-order valence-electron chi connectivity index (χ1n) is 15.2. The molecule has 3 aromatic rings. The van der Waals surface area contributed by atoms with Crippen LogP contribution in [0.15, 0.2) is 33.9 Å². The van der Waals surface area contributed by atoms with E-state index in [9.17, 15) is 29.4 Å². The fourth-order valence-electron chi connectivity index (χ4n) is 5.80. The minimum Gasteiger partial charge on any atom is -0.506 e. The van der Waals surface area contributed by atoms with Crippen LogP contribution in [0.3, 0.4) is 0 Å². The van der Waals surface area contributed by atoms with Crippen LogP contribution in [-0.4, -0.2) is 97.9 Å². The molecule has 0 saturated carbocycles. The van der Waals surface area contributed by atoms with Crippen LogP contribution >= 0.6 is 0 Å². The summed E-state index contributed by atoms with van der Waals surface area (Å²) >= 11 is 0. The maximum absolute atomic E-state index is 14.0. The number of rotatable bonds is 9. The average molecular weight is 639 g/mol. The Bertz CT molecular complexity index is 1600. The molecule has 0 radical (unpaired) electrons. The molecule has 2 aliphatic rings. The highest BCUT2D eigenvalue weighted by Gasteiger charge is 2.37. The van der Waals surface area contributed by atoms with Crippen LogP contribution in [0.25, 0.3) is 0 Å². The van der Waals surface area contributed by atoms with Gasteiger partial charge in [0.2, 0.25) is 0 Å². The van der Waals surface area contributed by atoms with Gasteiger partial charge in [0.1, 0.15) is 34.3 Å². The predicted octanol–water partition coefficient (Wildman–Crippen LogP) is 1.99. The molecule has 2 aliphatic heterocycles. The SMILES string of the molecule is CCOC(=O)c1c(N2CCOCC2)[nH]c(=O)c(C(c2ccc(C)cc2)c2c(O)c(C(=O)OCC)c(N3CCOCC3)[nH]c2=O)c1O. The van der Waals surface area contributed by atoms with E-state index in [4.69, 9.17) is 18.9 Å². The lowest BCUT2D eigenvalue weighted by atomic mass is 9.83. The number of carbonyl (C=O) groups excluding carboxylic acids is 2. The Morgan fingerprint density at radius 2 is 1.15 bits per heavy atom. The van der Waals surface area contributed by atoms with Crippen molar-refractivity contribution in [1.29, 1.82) is 0 Å². The first-order chi connectivity index (χ1) is 22.2. The van der Waals surface area contributed by atoms with E-state index in [1.165, 1.54) is 0 Å². The van der Waals surface area contributed by atoms with Crippen LogP contribution in [0, 0.1) is 6.92 Å². The molecule has 0 amide bonds. The summed E-state index contributed by atoms with van der Waals surface area (Å²) in [5.41, 5.74) is -1.82. The molecule has 2 fully saturated rings. The van der Waals surface area contributed by atoms with E-state index in [1.807, 2.05) is 6.92 Å². The van der Waals surface area contributed by atoms with Gasteiger partial charge in [0.15, 0.2) is 0 Å². The number of aromatic amines is 2. The van der Waals surface area contributed by atoms with Crippen molar-refractivity contribution in [1.82, 2.24) is 9.97 Å². The molecule has 4 N–H and O–H groups in total. The number of anilines is 2. The number of ether oxygens (including phenoxy) is 4. The molecular formula is C32H38N4O10. The molecule has 46 heavy (non-hydrogen) atoms. The first-order valence-corrected chi connectivity index (χ1v) is 15.2. The lowest BCUT2D eigenvalue weighted by Gasteiger charge is -2.31. The van der Waals surface area contributed by atoms with Gasteiger partial charge < -0.3 is 48.9 Å². The highest BCUT2D eigenvalue weighted by Crippen LogP contribution is 2.42. The highest BCUT2D eigenvalue weighted by molar-refractivity contribution is 5.99. The third kappa shape index (κ3) is 6.30. The Balaban J connectivity index is 1.82. The maximum Gasteiger partial charge on any atom is 0.345 e. The normalized spacial score (nSPS) is 15.2. The first kappa shape index (κ1) is 32.6. The van der Waals surface area contributed by atoms with Crippen molar-refractivity contribution in [2.24, 2.45) is 0 Å². The van der Waals surface area contributed by atoms with Gasteiger partial charge in [0.25, 0.3) is 11.1 Å². The Labute approximate surface area is 264 Å². The van der Waals surface area contributed by atoms with Gasteiger partial charge in [0, 0.05) is 26.2 Å². The van der Waals surface area contributed by atoms with Crippen LogP contribution in [-0.2, 0) is 18.9 Å². The number of hydrogen-bond donors (Lipinski definition) is 4. The van der Waals surface area contributed by atoms with Gasteiger partial charge >= 0.3 is 11.9 Å². The molecule has 5 rings (SSSR count). The Hall–Kier alpha value is -4.82. The van der Waals surface area contributed by atoms with Crippen LogP contribution in [0.1, 0.15) is 62.7 Å². The Morgan fingerprint density at radius 1 is 0.761 bits per heavy atom. The van der Waals surface area contributed by atoms with Gasteiger partial charge in [0.05, 0.1) is 56.7 Å². The largest absolute Gasteiger partial charge is 0.506 e. The molecular weight excluding hydrogens is 600 g/mol. The molecule has 1 aromatic carbocycles. The van der Waals surface area contributed by atoms with Gasteiger partial charge in [-0.1, -0.05) is 29.8 Å². The third-order valence-electron chi connectivity index (χ3n) is 8.01. The fourth-order valence-corrected chi connectivity index (χ4v) is 5.80. The van der Waals surface area contributed by atoms with Crippen molar-refractivity contribution in [3.05, 3.63) is 78.4 Å². The van der Waals surface area contributed by atoms with Crippen LogP contribution in [0.4, 0.5) is 11.6 Å². The van der Waals surface area contributed by atoms with E-state index in [2.05, 4.69) is 9.97 Å². The lowest BCUT2D eigenvalue weighted by Crippen LogP contribution is -2.40. The highest BCUT2D eigenvalue weighted by atomic mass is 16.5. The summed E-state index contributed by atoms with van der Waals surface area (Å²) < 4.78 is 21.4. The number of aromatic nitrogens is 2. The van der Waals surface area contributed by atoms with Crippen LogP contribution < -0.4 is 20.9 Å². The number of benzene rings is 1. The summed E-state index contributed by atoms with van der Waals surface area (Å²) in [6, 6.07) is 6.75. The summed E-state index contributed by atoms with van der Waals surface area (Å²) in [5, 5.41) is 23.7. The van der Waals surface area contributed by atoms with Crippen molar-refractivity contribution in [2.45, 2.75) is 26.7 Å². The number of carbonyl (C=O) groups is 2. The number of hydrogen-bond acceptors (Lipinski definition) is 12. The topological polar surface area (TPSA) is 184 Å².